The number of nitrogens with zero attached hydrogens (tertiary/aromatic N) is 2. The van der Waals surface area contributed by atoms with Gasteiger partial charge in [-0.1, -0.05) is 40.9 Å². The average molecular weight is 355 g/mol. The molecule has 0 saturated carbocycles. The summed E-state index contributed by atoms with van der Waals surface area (Å²) in [5.74, 6) is 1.07. The predicted molar refractivity (Wildman–Crippen MR) is 96.1 cm³/mol. The first-order valence-corrected chi connectivity index (χ1v) is 8.37. The van der Waals surface area contributed by atoms with Gasteiger partial charge in [0.15, 0.2) is 11.5 Å². The molecule has 1 amide bonds. The molecular formula is C18H17N3O3S. The van der Waals surface area contributed by atoms with E-state index in [0.717, 1.165) is 22.7 Å². The van der Waals surface area contributed by atoms with Gasteiger partial charge in [0.25, 0.3) is 5.91 Å². The fourth-order valence-electron chi connectivity index (χ4n) is 2.38. The molecule has 0 aliphatic heterocycles. The van der Waals surface area contributed by atoms with E-state index >= 15 is 0 Å². The van der Waals surface area contributed by atoms with E-state index < -0.39 is 0 Å². The van der Waals surface area contributed by atoms with Gasteiger partial charge in [-0.2, -0.15) is 0 Å². The molecule has 25 heavy (non-hydrogen) atoms. The van der Waals surface area contributed by atoms with Crippen LogP contribution in [0, 0.1) is 0 Å². The van der Waals surface area contributed by atoms with Crippen molar-refractivity contribution in [2.45, 2.75) is 6.54 Å². The van der Waals surface area contributed by atoms with Crippen molar-refractivity contribution in [3.05, 3.63) is 59.0 Å². The second-order valence-electron chi connectivity index (χ2n) is 5.19. The molecule has 0 saturated heterocycles. The predicted octanol–water partition coefficient (Wildman–Crippen LogP) is 3.15. The van der Waals surface area contributed by atoms with Crippen LogP contribution >= 0.6 is 11.5 Å². The van der Waals surface area contributed by atoms with Crippen molar-refractivity contribution < 1.29 is 14.3 Å². The van der Waals surface area contributed by atoms with Crippen molar-refractivity contribution >= 4 is 17.4 Å². The van der Waals surface area contributed by atoms with E-state index in [2.05, 4.69) is 14.9 Å². The molecule has 0 aliphatic rings. The van der Waals surface area contributed by atoms with Gasteiger partial charge in [0.2, 0.25) is 0 Å². The Morgan fingerprint density at radius 2 is 1.84 bits per heavy atom. The first-order valence-electron chi connectivity index (χ1n) is 7.59. The molecule has 7 heteroatoms. The lowest BCUT2D eigenvalue weighted by Crippen LogP contribution is -2.22. The maximum atomic E-state index is 12.5. The number of methoxy groups -OCH3 is 2. The van der Waals surface area contributed by atoms with E-state index in [1.54, 1.807) is 14.2 Å². The van der Waals surface area contributed by atoms with Gasteiger partial charge in [0, 0.05) is 12.1 Å². The monoisotopic (exact) mass is 355 g/mol. The fraction of sp³-hybridized carbons (Fsp3) is 0.167. The lowest BCUT2D eigenvalue weighted by atomic mass is 10.1. The highest BCUT2D eigenvalue weighted by molar-refractivity contribution is 7.08. The summed E-state index contributed by atoms with van der Waals surface area (Å²) in [6.45, 7) is 0.366. The maximum absolute atomic E-state index is 12.5. The lowest BCUT2D eigenvalue weighted by molar-refractivity contribution is 0.0955. The second kappa shape index (κ2) is 7.76. The number of amides is 1. The van der Waals surface area contributed by atoms with Crippen LogP contribution in [0.25, 0.3) is 11.3 Å². The van der Waals surface area contributed by atoms with Crippen LogP contribution in [-0.2, 0) is 6.54 Å². The molecule has 128 valence electrons. The minimum Gasteiger partial charge on any atom is -0.493 e. The van der Waals surface area contributed by atoms with E-state index in [4.69, 9.17) is 9.47 Å². The molecule has 3 aromatic rings. The smallest absolute Gasteiger partial charge is 0.265 e. The number of nitrogens with one attached hydrogen (secondary N) is 1. The van der Waals surface area contributed by atoms with Crippen molar-refractivity contribution in [1.82, 2.24) is 14.9 Å². The van der Waals surface area contributed by atoms with Gasteiger partial charge in [-0.15, -0.1) is 5.10 Å². The molecule has 3 rings (SSSR count). The van der Waals surface area contributed by atoms with Crippen molar-refractivity contribution in [1.29, 1.82) is 0 Å². The van der Waals surface area contributed by atoms with Gasteiger partial charge < -0.3 is 14.8 Å². The zero-order valence-corrected chi connectivity index (χ0v) is 14.7. The lowest BCUT2D eigenvalue weighted by Gasteiger charge is -2.10. The fourth-order valence-corrected chi connectivity index (χ4v) is 2.98. The van der Waals surface area contributed by atoms with Crippen LogP contribution < -0.4 is 14.8 Å². The number of hydrogen-bond donors (Lipinski definition) is 1. The summed E-state index contributed by atoms with van der Waals surface area (Å²) in [6, 6.07) is 15.1. The van der Waals surface area contributed by atoms with Gasteiger partial charge in [0.1, 0.15) is 10.6 Å². The summed E-state index contributed by atoms with van der Waals surface area (Å²) in [4.78, 5) is 13.0. The zero-order valence-electron chi connectivity index (χ0n) is 13.9. The van der Waals surface area contributed by atoms with Crippen molar-refractivity contribution in [3.63, 3.8) is 0 Å². The highest BCUT2D eigenvalue weighted by atomic mass is 32.1. The van der Waals surface area contributed by atoms with E-state index in [-0.39, 0.29) is 5.91 Å². The minimum atomic E-state index is -0.205. The van der Waals surface area contributed by atoms with E-state index in [1.165, 1.54) is 0 Å². The topological polar surface area (TPSA) is 73.3 Å². The van der Waals surface area contributed by atoms with Gasteiger partial charge in [-0.05, 0) is 29.2 Å². The molecule has 1 heterocycles. The SMILES string of the molecule is COc1ccc(CNC(=O)c2snnc2-c2ccccc2)cc1OC. The molecule has 2 aromatic carbocycles. The minimum absolute atomic E-state index is 0.205. The largest absolute Gasteiger partial charge is 0.493 e. The number of ether oxygens (including phenoxy) is 2. The quantitative estimate of drug-likeness (QED) is 0.735. The van der Waals surface area contributed by atoms with Gasteiger partial charge in [0.05, 0.1) is 14.2 Å². The number of hydrogen-bond acceptors (Lipinski definition) is 6. The average Bonchev–Trinajstić information content (AvgIpc) is 3.16. The first kappa shape index (κ1) is 16.9. The second-order valence-corrected chi connectivity index (χ2v) is 5.94. The van der Waals surface area contributed by atoms with Crippen LogP contribution in [0.1, 0.15) is 15.2 Å². The Kier molecular flexibility index (Phi) is 5.25. The van der Waals surface area contributed by atoms with E-state index in [0.29, 0.717) is 28.6 Å². The highest BCUT2D eigenvalue weighted by Gasteiger charge is 2.17. The number of carbonyl (C=O) groups excluding carboxylic acids is 1. The molecule has 0 spiro atoms. The molecule has 0 aliphatic carbocycles. The summed E-state index contributed by atoms with van der Waals surface area (Å²) in [7, 11) is 3.16. The number of rotatable bonds is 6. The number of aromatic nitrogens is 2. The Bertz CT molecular complexity index is 865. The van der Waals surface area contributed by atoms with Crippen LogP contribution in [0.2, 0.25) is 0 Å². The summed E-state index contributed by atoms with van der Waals surface area (Å²) in [6.07, 6.45) is 0. The van der Waals surface area contributed by atoms with Crippen LogP contribution in [0.15, 0.2) is 48.5 Å². The van der Waals surface area contributed by atoms with Gasteiger partial charge in [-0.25, -0.2) is 0 Å². The Morgan fingerprint density at radius 3 is 2.56 bits per heavy atom. The molecule has 1 aromatic heterocycles. The van der Waals surface area contributed by atoms with Crippen LogP contribution in [0.4, 0.5) is 0 Å². The molecule has 0 radical (unpaired) electrons. The molecule has 6 nitrogen and oxygen atoms in total. The molecule has 0 bridgehead atoms. The summed E-state index contributed by atoms with van der Waals surface area (Å²) < 4.78 is 14.4. The highest BCUT2D eigenvalue weighted by Crippen LogP contribution is 2.28. The molecule has 1 N–H and O–H groups in total. The van der Waals surface area contributed by atoms with Crippen molar-refractivity contribution in [3.8, 4) is 22.8 Å². The van der Waals surface area contributed by atoms with E-state index in [9.17, 15) is 4.79 Å². The number of carbonyl (C=O) groups is 1. The van der Waals surface area contributed by atoms with Gasteiger partial charge >= 0.3 is 0 Å². The van der Waals surface area contributed by atoms with Crippen LogP contribution in [-0.4, -0.2) is 29.7 Å². The summed E-state index contributed by atoms with van der Waals surface area (Å²) in [5, 5.41) is 6.98. The standard InChI is InChI=1S/C18H17N3O3S/c1-23-14-9-8-12(10-15(14)24-2)11-19-18(22)17-16(20-21-25-17)13-6-4-3-5-7-13/h3-10H,11H2,1-2H3,(H,19,22). The third-order valence-electron chi connectivity index (χ3n) is 3.64. The summed E-state index contributed by atoms with van der Waals surface area (Å²) in [5.41, 5.74) is 2.37. The Labute approximate surface area is 149 Å². The molecular weight excluding hydrogens is 338 g/mol. The Balaban J connectivity index is 1.73. The first-order chi connectivity index (χ1) is 12.2. The summed E-state index contributed by atoms with van der Waals surface area (Å²) >= 11 is 1.08. The van der Waals surface area contributed by atoms with Crippen LogP contribution in [0.3, 0.4) is 0 Å². The molecule has 0 unspecified atom stereocenters. The van der Waals surface area contributed by atoms with E-state index in [1.807, 2.05) is 48.5 Å². The molecule has 0 fully saturated rings. The normalized spacial score (nSPS) is 10.3. The number of benzene rings is 2. The molecule has 0 atom stereocenters. The Hall–Kier alpha value is -2.93. The third-order valence-corrected chi connectivity index (χ3v) is 4.37. The van der Waals surface area contributed by atoms with Crippen molar-refractivity contribution in [2.75, 3.05) is 14.2 Å². The van der Waals surface area contributed by atoms with Crippen LogP contribution in [0.5, 0.6) is 11.5 Å². The third kappa shape index (κ3) is 3.77. The zero-order chi connectivity index (χ0) is 17.6. The Morgan fingerprint density at radius 1 is 1.08 bits per heavy atom. The van der Waals surface area contributed by atoms with Crippen molar-refractivity contribution in [2.24, 2.45) is 0 Å². The maximum Gasteiger partial charge on any atom is 0.265 e. The van der Waals surface area contributed by atoms with Gasteiger partial charge in [-0.3, -0.25) is 4.79 Å².